The minimum atomic E-state index is -0.279. The molecular weight excluding hydrogens is 274 g/mol. The maximum Gasteiger partial charge on any atom is 0.162 e. The van der Waals surface area contributed by atoms with Crippen molar-refractivity contribution in [1.29, 1.82) is 0 Å². The van der Waals surface area contributed by atoms with Crippen LogP contribution in [0.3, 0.4) is 0 Å². The van der Waals surface area contributed by atoms with Crippen LogP contribution < -0.4 is 15.2 Å². The molecule has 2 aromatic carbocycles. The van der Waals surface area contributed by atoms with Crippen molar-refractivity contribution in [3.8, 4) is 11.5 Å². The van der Waals surface area contributed by atoms with E-state index in [1.807, 2.05) is 31.2 Å². The highest BCUT2D eigenvalue weighted by Gasteiger charge is 2.19. The molecule has 20 heavy (non-hydrogen) atoms. The van der Waals surface area contributed by atoms with Crippen molar-refractivity contribution in [3.05, 3.63) is 58.1 Å². The van der Waals surface area contributed by atoms with E-state index < -0.39 is 0 Å². The number of aryl methyl sites for hydroxylation is 1. The van der Waals surface area contributed by atoms with Gasteiger partial charge in [-0.2, -0.15) is 0 Å². The third-order valence-corrected chi connectivity index (χ3v) is 3.73. The molecule has 1 unspecified atom stereocenters. The van der Waals surface area contributed by atoms with E-state index >= 15 is 0 Å². The molecule has 2 aromatic rings. The minimum absolute atomic E-state index is 0.279. The Hall–Kier alpha value is -1.71. The number of hydrogen-bond donors (Lipinski definition) is 1. The highest BCUT2D eigenvalue weighted by molar-refractivity contribution is 6.31. The Morgan fingerprint density at radius 1 is 1.10 bits per heavy atom. The van der Waals surface area contributed by atoms with Gasteiger partial charge in [0.15, 0.2) is 11.5 Å². The van der Waals surface area contributed by atoms with Crippen molar-refractivity contribution >= 4 is 11.6 Å². The lowest BCUT2D eigenvalue weighted by atomic mass is 9.97. The van der Waals surface area contributed by atoms with Gasteiger partial charge in [0.2, 0.25) is 0 Å². The highest BCUT2D eigenvalue weighted by atomic mass is 35.5. The quantitative estimate of drug-likeness (QED) is 0.921. The zero-order chi connectivity index (χ0) is 14.1. The topological polar surface area (TPSA) is 44.5 Å². The van der Waals surface area contributed by atoms with E-state index in [1.165, 1.54) is 5.56 Å². The Kier molecular flexibility index (Phi) is 3.55. The van der Waals surface area contributed by atoms with Crippen molar-refractivity contribution < 1.29 is 9.47 Å². The van der Waals surface area contributed by atoms with Gasteiger partial charge in [-0.1, -0.05) is 41.4 Å². The summed E-state index contributed by atoms with van der Waals surface area (Å²) in [6.07, 6.45) is 0. The summed E-state index contributed by atoms with van der Waals surface area (Å²) in [5.74, 6) is 1.39. The Balaban J connectivity index is 2.01. The van der Waals surface area contributed by atoms with E-state index in [1.54, 1.807) is 6.07 Å². The predicted octanol–water partition coefficient (Wildman–Crippen LogP) is 3.47. The second-order valence-corrected chi connectivity index (χ2v) is 5.32. The van der Waals surface area contributed by atoms with Crippen molar-refractivity contribution in [2.45, 2.75) is 13.0 Å². The second kappa shape index (κ2) is 5.35. The molecule has 0 radical (unpaired) electrons. The predicted molar refractivity (Wildman–Crippen MR) is 79.7 cm³/mol. The number of fused-ring (bicyclic) bond motifs is 1. The number of ether oxygens (including phenoxy) is 2. The van der Waals surface area contributed by atoms with Gasteiger partial charge >= 0.3 is 0 Å². The highest BCUT2D eigenvalue weighted by Crippen LogP contribution is 2.38. The molecule has 1 heterocycles. The van der Waals surface area contributed by atoms with Crippen molar-refractivity contribution in [3.63, 3.8) is 0 Å². The Bertz CT molecular complexity index is 642. The van der Waals surface area contributed by atoms with Crippen LogP contribution in [0, 0.1) is 6.92 Å². The summed E-state index contributed by atoms with van der Waals surface area (Å²) >= 11 is 6.33. The molecule has 3 rings (SSSR count). The summed E-state index contributed by atoms with van der Waals surface area (Å²) in [5, 5.41) is 0.600. The van der Waals surface area contributed by atoms with Crippen molar-refractivity contribution in [2.75, 3.05) is 13.2 Å². The first kappa shape index (κ1) is 13.3. The summed E-state index contributed by atoms with van der Waals surface area (Å²) in [6, 6.07) is 11.5. The average molecular weight is 290 g/mol. The molecule has 0 amide bonds. The Morgan fingerprint density at radius 2 is 1.80 bits per heavy atom. The molecule has 1 aliphatic heterocycles. The minimum Gasteiger partial charge on any atom is -0.486 e. The van der Waals surface area contributed by atoms with Gasteiger partial charge in [0.05, 0.1) is 6.04 Å². The van der Waals surface area contributed by atoms with Gasteiger partial charge in [-0.25, -0.2) is 0 Å². The van der Waals surface area contributed by atoms with Crippen LogP contribution in [0.5, 0.6) is 11.5 Å². The fourth-order valence-corrected chi connectivity index (χ4v) is 2.63. The lowest BCUT2D eigenvalue weighted by Crippen LogP contribution is -2.17. The van der Waals surface area contributed by atoms with Gasteiger partial charge in [-0.05, 0) is 24.1 Å². The fraction of sp³-hybridized carbons (Fsp3) is 0.250. The van der Waals surface area contributed by atoms with Crippen LogP contribution in [0.1, 0.15) is 22.7 Å². The van der Waals surface area contributed by atoms with E-state index in [0.29, 0.717) is 29.7 Å². The SMILES string of the molecule is Cc1cccc(C(N)c2cc3c(cc2Cl)OCCO3)c1. The Labute approximate surface area is 123 Å². The van der Waals surface area contributed by atoms with Crippen LogP contribution in [0.25, 0.3) is 0 Å². The maximum absolute atomic E-state index is 6.34. The van der Waals surface area contributed by atoms with Crippen LogP contribution >= 0.6 is 11.6 Å². The molecule has 0 bridgehead atoms. The summed E-state index contributed by atoms with van der Waals surface area (Å²) in [7, 11) is 0. The first-order valence-electron chi connectivity index (χ1n) is 6.56. The molecule has 3 nitrogen and oxygen atoms in total. The Morgan fingerprint density at radius 3 is 2.50 bits per heavy atom. The summed E-state index contributed by atoms with van der Waals surface area (Å²) in [5.41, 5.74) is 9.39. The van der Waals surface area contributed by atoms with Crippen LogP contribution in [0.15, 0.2) is 36.4 Å². The summed E-state index contributed by atoms with van der Waals surface area (Å²) < 4.78 is 11.1. The van der Waals surface area contributed by atoms with E-state index in [9.17, 15) is 0 Å². The number of benzene rings is 2. The second-order valence-electron chi connectivity index (χ2n) is 4.91. The molecule has 1 aliphatic rings. The normalized spacial score (nSPS) is 14.9. The number of nitrogens with two attached hydrogens (primary N) is 1. The standard InChI is InChI=1S/C16H16ClNO2/c1-10-3-2-4-11(7-10)16(18)12-8-14-15(9-13(12)17)20-6-5-19-14/h2-4,7-9,16H,5-6,18H2,1H3. The van der Waals surface area contributed by atoms with Crippen LogP contribution in [0.4, 0.5) is 0 Å². The maximum atomic E-state index is 6.34. The molecule has 0 aliphatic carbocycles. The van der Waals surface area contributed by atoms with Crippen LogP contribution in [-0.4, -0.2) is 13.2 Å². The third kappa shape index (κ3) is 2.47. The molecule has 104 valence electrons. The summed E-state index contributed by atoms with van der Waals surface area (Å²) in [4.78, 5) is 0. The first-order chi connectivity index (χ1) is 9.65. The van der Waals surface area contributed by atoms with Crippen LogP contribution in [-0.2, 0) is 0 Å². The molecule has 0 spiro atoms. The number of halogens is 1. The average Bonchev–Trinajstić information content (AvgIpc) is 2.46. The van der Waals surface area contributed by atoms with Crippen molar-refractivity contribution in [1.82, 2.24) is 0 Å². The molecule has 2 N–H and O–H groups in total. The van der Waals surface area contributed by atoms with Gasteiger partial charge in [0, 0.05) is 11.1 Å². The van der Waals surface area contributed by atoms with E-state index in [-0.39, 0.29) is 6.04 Å². The molecule has 0 aromatic heterocycles. The van der Waals surface area contributed by atoms with Crippen molar-refractivity contribution in [2.24, 2.45) is 5.73 Å². The zero-order valence-corrected chi connectivity index (χ0v) is 12.0. The molecular formula is C16H16ClNO2. The molecule has 0 saturated heterocycles. The van der Waals surface area contributed by atoms with Gasteiger partial charge in [-0.3, -0.25) is 0 Å². The zero-order valence-electron chi connectivity index (χ0n) is 11.2. The van der Waals surface area contributed by atoms with E-state index in [4.69, 9.17) is 26.8 Å². The largest absolute Gasteiger partial charge is 0.486 e. The lowest BCUT2D eigenvalue weighted by molar-refractivity contribution is 0.171. The molecule has 0 fully saturated rings. The lowest BCUT2D eigenvalue weighted by Gasteiger charge is -2.22. The van der Waals surface area contributed by atoms with Crippen LogP contribution in [0.2, 0.25) is 5.02 Å². The fourth-order valence-electron chi connectivity index (χ4n) is 2.36. The smallest absolute Gasteiger partial charge is 0.162 e. The van der Waals surface area contributed by atoms with Gasteiger partial charge in [-0.15, -0.1) is 0 Å². The van der Waals surface area contributed by atoms with Gasteiger partial charge in [0.1, 0.15) is 13.2 Å². The molecule has 0 saturated carbocycles. The van der Waals surface area contributed by atoms with E-state index in [2.05, 4.69) is 6.07 Å². The monoisotopic (exact) mass is 289 g/mol. The van der Waals surface area contributed by atoms with Gasteiger partial charge < -0.3 is 15.2 Å². The third-order valence-electron chi connectivity index (χ3n) is 3.40. The number of rotatable bonds is 2. The summed E-state index contributed by atoms with van der Waals surface area (Å²) in [6.45, 7) is 3.14. The molecule has 1 atom stereocenters. The van der Waals surface area contributed by atoms with Gasteiger partial charge in [0.25, 0.3) is 0 Å². The van der Waals surface area contributed by atoms with E-state index in [0.717, 1.165) is 11.1 Å². The first-order valence-corrected chi connectivity index (χ1v) is 6.94. The molecule has 4 heteroatoms. The number of hydrogen-bond acceptors (Lipinski definition) is 3.